The zero-order valence-corrected chi connectivity index (χ0v) is 10.1. The summed E-state index contributed by atoms with van der Waals surface area (Å²) in [7, 11) is 0. The first kappa shape index (κ1) is 12.0. The van der Waals surface area contributed by atoms with Gasteiger partial charge in [0.2, 0.25) is 5.91 Å². The van der Waals surface area contributed by atoms with Crippen molar-refractivity contribution in [2.24, 2.45) is 0 Å². The first-order valence-electron chi connectivity index (χ1n) is 5.84. The van der Waals surface area contributed by atoms with Crippen LogP contribution in [0.3, 0.4) is 0 Å². The monoisotopic (exact) mass is 239 g/mol. The van der Waals surface area contributed by atoms with Crippen LogP contribution in [0.15, 0.2) is 0 Å². The van der Waals surface area contributed by atoms with E-state index in [1.807, 2.05) is 13.8 Å². The Bertz CT molecular complexity index is 384. The van der Waals surface area contributed by atoms with Crippen molar-refractivity contribution in [3.05, 3.63) is 5.82 Å². The summed E-state index contributed by atoms with van der Waals surface area (Å²) in [5, 5.41) is 14.1. The van der Waals surface area contributed by atoms with E-state index in [2.05, 4.69) is 20.8 Å². The normalized spacial score (nSPS) is 19.8. The number of tetrazole rings is 1. The van der Waals surface area contributed by atoms with E-state index in [-0.39, 0.29) is 18.1 Å². The summed E-state index contributed by atoms with van der Waals surface area (Å²) >= 11 is 0. The van der Waals surface area contributed by atoms with Crippen molar-refractivity contribution in [2.75, 3.05) is 6.61 Å². The van der Waals surface area contributed by atoms with Crippen LogP contribution in [0.2, 0.25) is 0 Å². The van der Waals surface area contributed by atoms with Gasteiger partial charge in [0.15, 0.2) is 5.82 Å². The second-order valence-corrected chi connectivity index (χ2v) is 4.35. The second-order valence-electron chi connectivity index (χ2n) is 4.35. The molecule has 2 heterocycles. The third-order valence-electron chi connectivity index (χ3n) is 2.69. The lowest BCUT2D eigenvalue weighted by Gasteiger charge is -2.11. The number of carbonyl (C=O) groups is 1. The van der Waals surface area contributed by atoms with Gasteiger partial charge in [0.25, 0.3) is 0 Å². The van der Waals surface area contributed by atoms with Crippen LogP contribution in [0.25, 0.3) is 0 Å². The second kappa shape index (κ2) is 5.22. The topological polar surface area (TPSA) is 81.9 Å². The van der Waals surface area contributed by atoms with Crippen LogP contribution in [0.5, 0.6) is 0 Å². The van der Waals surface area contributed by atoms with Gasteiger partial charge >= 0.3 is 0 Å². The Hall–Kier alpha value is -1.50. The summed E-state index contributed by atoms with van der Waals surface area (Å²) in [6, 6.07) is 0.180. The van der Waals surface area contributed by atoms with Gasteiger partial charge in [0.05, 0.1) is 12.6 Å². The lowest BCUT2D eigenvalue weighted by Crippen LogP contribution is -2.34. The Morgan fingerprint density at radius 1 is 1.65 bits per heavy atom. The Balaban J connectivity index is 1.88. The fourth-order valence-electron chi connectivity index (χ4n) is 1.79. The molecule has 1 N–H and O–H groups in total. The van der Waals surface area contributed by atoms with Crippen LogP contribution in [0.4, 0.5) is 0 Å². The van der Waals surface area contributed by atoms with E-state index in [4.69, 9.17) is 4.74 Å². The molecule has 1 aliphatic heterocycles. The number of nitrogens with zero attached hydrogens (tertiary/aromatic N) is 4. The van der Waals surface area contributed by atoms with Gasteiger partial charge < -0.3 is 10.1 Å². The van der Waals surface area contributed by atoms with Crippen molar-refractivity contribution in [2.45, 2.75) is 45.4 Å². The Morgan fingerprint density at radius 3 is 3.12 bits per heavy atom. The van der Waals surface area contributed by atoms with Crippen LogP contribution in [-0.4, -0.2) is 38.8 Å². The Labute approximate surface area is 99.5 Å². The largest absolute Gasteiger partial charge is 0.368 e. The van der Waals surface area contributed by atoms with Gasteiger partial charge in [-0.15, -0.1) is 5.10 Å². The van der Waals surface area contributed by atoms with Gasteiger partial charge in [-0.05, 0) is 37.1 Å². The lowest BCUT2D eigenvalue weighted by molar-refractivity contribution is -0.130. The minimum absolute atomic E-state index is 0.0826. The number of hydrogen-bond donors (Lipinski definition) is 1. The van der Waals surface area contributed by atoms with E-state index in [1.54, 1.807) is 4.68 Å². The molecule has 1 saturated heterocycles. The predicted molar refractivity (Wildman–Crippen MR) is 59.0 cm³/mol. The third-order valence-corrected chi connectivity index (χ3v) is 2.69. The van der Waals surface area contributed by atoms with Gasteiger partial charge in [-0.3, -0.25) is 4.79 Å². The quantitative estimate of drug-likeness (QED) is 0.802. The maximum absolute atomic E-state index is 11.7. The number of carbonyl (C=O) groups excluding carboxylic acids is 1. The molecule has 1 fully saturated rings. The maximum atomic E-state index is 11.7. The predicted octanol–water partition coefficient (Wildman–Crippen LogP) is 0.0492. The highest BCUT2D eigenvalue weighted by Gasteiger charge is 2.23. The van der Waals surface area contributed by atoms with Crippen molar-refractivity contribution in [1.82, 2.24) is 25.5 Å². The summed E-state index contributed by atoms with van der Waals surface area (Å²) < 4.78 is 6.98. The molecule has 1 atom stereocenters. The van der Waals surface area contributed by atoms with Crippen LogP contribution in [0.1, 0.15) is 38.6 Å². The number of ether oxygens (including phenoxy) is 1. The molecule has 1 unspecified atom stereocenters. The number of rotatable bonds is 4. The van der Waals surface area contributed by atoms with E-state index in [0.717, 1.165) is 12.8 Å². The number of hydrogen-bond acceptors (Lipinski definition) is 5. The minimum atomic E-state index is -0.307. The standard InChI is InChI=1S/C10H17N5O2/c1-7(2)15-9(12-13-14-15)6-11-10(16)8-4-3-5-17-8/h7-8H,3-6H2,1-2H3,(H,11,16). The van der Waals surface area contributed by atoms with Crippen LogP contribution in [-0.2, 0) is 16.1 Å². The van der Waals surface area contributed by atoms with Crippen LogP contribution < -0.4 is 5.32 Å². The molecule has 94 valence electrons. The molecule has 0 aliphatic carbocycles. The number of aromatic nitrogens is 4. The Kier molecular flexibility index (Phi) is 3.68. The van der Waals surface area contributed by atoms with E-state index in [9.17, 15) is 4.79 Å². The molecule has 1 aliphatic rings. The molecule has 0 saturated carbocycles. The summed E-state index contributed by atoms with van der Waals surface area (Å²) in [4.78, 5) is 11.7. The molecule has 7 nitrogen and oxygen atoms in total. The van der Waals surface area contributed by atoms with E-state index in [1.165, 1.54) is 0 Å². The van der Waals surface area contributed by atoms with Crippen molar-refractivity contribution in [1.29, 1.82) is 0 Å². The lowest BCUT2D eigenvalue weighted by atomic mass is 10.2. The summed E-state index contributed by atoms with van der Waals surface area (Å²) in [6.07, 6.45) is 1.43. The summed E-state index contributed by atoms with van der Waals surface area (Å²) in [6.45, 7) is 4.98. The molecular formula is C10H17N5O2. The molecule has 1 aromatic heterocycles. The Morgan fingerprint density at radius 2 is 2.47 bits per heavy atom. The van der Waals surface area contributed by atoms with Gasteiger partial charge in [-0.25, -0.2) is 4.68 Å². The number of nitrogens with one attached hydrogen (secondary N) is 1. The average molecular weight is 239 g/mol. The average Bonchev–Trinajstić information content (AvgIpc) is 2.96. The van der Waals surface area contributed by atoms with E-state index < -0.39 is 0 Å². The zero-order valence-electron chi connectivity index (χ0n) is 10.1. The highest BCUT2D eigenvalue weighted by Crippen LogP contribution is 2.12. The molecule has 1 amide bonds. The molecule has 7 heteroatoms. The first-order valence-corrected chi connectivity index (χ1v) is 5.84. The van der Waals surface area contributed by atoms with Crippen LogP contribution in [0, 0.1) is 0 Å². The molecule has 17 heavy (non-hydrogen) atoms. The fraction of sp³-hybridized carbons (Fsp3) is 0.800. The smallest absolute Gasteiger partial charge is 0.249 e. The fourth-order valence-corrected chi connectivity index (χ4v) is 1.79. The van der Waals surface area contributed by atoms with Crippen molar-refractivity contribution < 1.29 is 9.53 Å². The maximum Gasteiger partial charge on any atom is 0.249 e. The molecule has 0 radical (unpaired) electrons. The summed E-state index contributed by atoms with van der Waals surface area (Å²) in [5.74, 6) is 0.576. The minimum Gasteiger partial charge on any atom is -0.368 e. The third kappa shape index (κ3) is 2.79. The van der Waals surface area contributed by atoms with Gasteiger partial charge in [-0.1, -0.05) is 0 Å². The molecule has 0 spiro atoms. The van der Waals surface area contributed by atoms with Gasteiger partial charge in [-0.2, -0.15) is 0 Å². The summed E-state index contributed by atoms with van der Waals surface area (Å²) in [5.41, 5.74) is 0. The number of amides is 1. The molecular weight excluding hydrogens is 222 g/mol. The van der Waals surface area contributed by atoms with E-state index in [0.29, 0.717) is 19.0 Å². The molecule has 2 rings (SSSR count). The van der Waals surface area contributed by atoms with Crippen molar-refractivity contribution >= 4 is 5.91 Å². The zero-order chi connectivity index (χ0) is 12.3. The van der Waals surface area contributed by atoms with E-state index >= 15 is 0 Å². The van der Waals surface area contributed by atoms with Gasteiger partial charge in [0.1, 0.15) is 6.10 Å². The molecule has 0 bridgehead atoms. The van der Waals surface area contributed by atoms with Crippen LogP contribution >= 0.6 is 0 Å². The van der Waals surface area contributed by atoms with Crippen molar-refractivity contribution in [3.8, 4) is 0 Å². The van der Waals surface area contributed by atoms with Crippen molar-refractivity contribution in [3.63, 3.8) is 0 Å². The highest BCUT2D eigenvalue weighted by atomic mass is 16.5. The first-order chi connectivity index (χ1) is 8.18. The SMILES string of the molecule is CC(C)n1nnnc1CNC(=O)C1CCCO1. The van der Waals surface area contributed by atoms with Gasteiger partial charge in [0, 0.05) is 6.61 Å². The highest BCUT2D eigenvalue weighted by molar-refractivity contribution is 5.80. The molecule has 0 aromatic carbocycles. The molecule has 1 aromatic rings.